The van der Waals surface area contributed by atoms with Gasteiger partial charge in [0, 0.05) is 17.3 Å². The van der Waals surface area contributed by atoms with E-state index in [-0.39, 0.29) is 24.5 Å². The lowest BCUT2D eigenvalue weighted by atomic mass is 10.1. The third-order valence-corrected chi connectivity index (χ3v) is 4.81. The zero-order chi connectivity index (χ0) is 15.6. The lowest BCUT2D eigenvalue weighted by molar-refractivity contribution is 0.0921. The van der Waals surface area contributed by atoms with E-state index < -0.39 is 0 Å². The number of methoxy groups -OCH3 is 1. The molecule has 0 aliphatic heterocycles. The molecule has 1 amide bonds. The van der Waals surface area contributed by atoms with Crippen molar-refractivity contribution < 1.29 is 14.6 Å². The largest absolute Gasteiger partial charge is 0.496 e. The van der Waals surface area contributed by atoms with E-state index in [0.29, 0.717) is 16.3 Å². The Morgan fingerprint density at radius 1 is 1.48 bits per heavy atom. The Morgan fingerprint density at radius 2 is 2.19 bits per heavy atom. The summed E-state index contributed by atoms with van der Waals surface area (Å²) >= 11 is 1.34. The van der Waals surface area contributed by atoms with Crippen LogP contribution < -0.4 is 15.8 Å². The van der Waals surface area contributed by atoms with Crippen molar-refractivity contribution in [3.63, 3.8) is 0 Å². The van der Waals surface area contributed by atoms with E-state index in [1.165, 1.54) is 11.3 Å². The van der Waals surface area contributed by atoms with Crippen molar-refractivity contribution >= 4 is 33.0 Å². The van der Waals surface area contributed by atoms with E-state index >= 15 is 0 Å². The van der Waals surface area contributed by atoms with Crippen molar-refractivity contribution in [1.29, 1.82) is 0 Å². The van der Waals surface area contributed by atoms with Crippen LogP contribution in [0.3, 0.4) is 0 Å². The Hall–Kier alpha value is -1.79. The summed E-state index contributed by atoms with van der Waals surface area (Å²) in [6, 6.07) is 5.47. The highest BCUT2D eigenvalue weighted by molar-refractivity contribution is 7.21. The summed E-state index contributed by atoms with van der Waals surface area (Å²) in [5, 5.41) is 12.8. The summed E-state index contributed by atoms with van der Waals surface area (Å²) in [4.78, 5) is 12.8. The Balaban J connectivity index is 2.34. The summed E-state index contributed by atoms with van der Waals surface area (Å²) < 4.78 is 6.22. The molecule has 0 fully saturated rings. The molecule has 0 saturated carbocycles. The summed E-state index contributed by atoms with van der Waals surface area (Å²) in [6.45, 7) is 3.77. The van der Waals surface area contributed by atoms with Crippen LogP contribution in [0.25, 0.3) is 10.1 Å². The van der Waals surface area contributed by atoms with E-state index in [1.54, 1.807) is 7.11 Å². The highest BCUT2D eigenvalue weighted by Gasteiger charge is 2.21. The Bertz CT molecular complexity index is 654. The number of hydrogen-bond donors (Lipinski definition) is 3. The summed E-state index contributed by atoms with van der Waals surface area (Å²) in [5.74, 6) is 0.430. The van der Waals surface area contributed by atoms with Gasteiger partial charge in [0.05, 0.1) is 18.2 Å². The zero-order valence-corrected chi connectivity index (χ0v) is 13.2. The standard InChI is InChI=1S/C15H20N2O3S/c1-8(7-18)9(2)17-15(19)14-13(16)12-10(20-3)5-4-6-11(12)21-14/h4-6,8-9,18H,7,16H2,1-3H3,(H,17,19). The molecule has 5 nitrogen and oxygen atoms in total. The van der Waals surface area contributed by atoms with Gasteiger partial charge in [0.1, 0.15) is 10.6 Å². The molecule has 4 N–H and O–H groups in total. The molecule has 1 heterocycles. The molecule has 0 bridgehead atoms. The number of nitrogen functional groups attached to an aromatic ring is 1. The number of hydrogen-bond acceptors (Lipinski definition) is 5. The van der Waals surface area contributed by atoms with E-state index in [2.05, 4.69) is 5.32 Å². The number of anilines is 1. The quantitative estimate of drug-likeness (QED) is 0.791. The maximum atomic E-state index is 12.4. The molecule has 114 valence electrons. The average Bonchev–Trinajstić information content (AvgIpc) is 2.83. The zero-order valence-electron chi connectivity index (χ0n) is 12.3. The molecule has 1 aromatic carbocycles. The lowest BCUT2D eigenvalue weighted by Crippen LogP contribution is -2.38. The van der Waals surface area contributed by atoms with Gasteiger partial charge in [0.25, 0.3) is 5.91 Å². The molecule has 0 saturated heterocycles. The van der Waals surface area contributed by atoms with E-state index in [9.17, 15) is 4.79 Å². The number of nitrogens with one attached hydrogen (secondary N) is 1. The third kappa shape index (κ3) is 2.96. The first-order valence-electron chi connectivity index (χ1n) is 6.76. The van der Waals surface area contributed by atoms with Gasteiger partial charge in [-0.1, -0.05) is 13.0 Å². The van der Waals surface area contributed by atoms with Crippen LogP contribution >= 0.6 is 11.3 Å². The summed E-state index contributed by atoms with van der Waals surface area (Å²) in [7, 11) is 1.58. The van der Waals surface area contributed by atoms with Gasteiger partial charge in [-0.3, -0.25) is 4.79 Å². The first-order chi connectivity index (χ1) is 9.99. The van der Waals surface area contributed by atoms with Crippen molar-refractivity contribution in [3.8, 4) is 5.75 Å². The lowest BCUT2D eigenvalue weighted by Gasteiger charge is -2.18. The van der Waals surface area contributed by atoms with Crippen molar-refractivity contribution in [2.45, 2.75) is 19.9 Å². The number of aliphatic hydroxyl groups is 1. The third-order valence-electron chi connectivity index (χ3n) is 3.64. The SMILES string of the molecule is COc1cccc2sc(C(=O)NC(C)C(C)CO)c(N)c12. The Morgan fingerprint density at radius 3 is 2.81 bits per heavy atom. The molecule has 0 aliphatic rings. The predicted octanol–water partition coefficient (Wildman–Crippen LogP) is 2.24. The van der Waals surface area contributed by atoms with Gasteiger partial charge in [0.2, 0.25) is 0 Å². The summed E-state index contributed by atoms with van der Waals surface area (Å²) in [5.41, 5.74) is 6.56. The van der Waals surface area contributed by atoms with Gasteiger partial charge < -0.3 is 20.9 Å². The van der Waals surface area contributed by atoms with Crippen LogP contribution in [0, 0.1) is 5.92 Å². The molecule has 6 heteroatoms. The second kappa shape index (κ2) is 6.32. The Labute approximate surface area is 127 Å². The monoisotopic (exact) mass is 308 g/mol. The Kier molecular flexibility index (Phi) is 4.69. The maximum absolute atomic E-state index is 12.4. The fourth-order valence-electron chi connectivity index (χ4n) is 2.05. The van der Waals surface area contributed by atoms with Gasteiger partial charge >= 0.3 is 0 Å². The molecule has 2 unspecified atom stereocenters. The van der Waals surface area contributed by atoms with Crippen LogP contribution in [0.4, 0.5) is 5.69 Å². The molecule has 1 aromatic heterocycles. The fraction of sp³-hybridized carbons (Fsp3) is 0.400. The molecule has 21 heavy (non-hydrogen) atoms. The fourth-order valence-corrected chi connectivity index (χ4v) is 3.09. The number of thiophene rings is 1. The minimum absolute atomic E-state index is 0.0147. The molecule has 0 spiro atoms. The molecule has 2 rings (SSSR count). The first-order valence-corrected chi connectivity index (χ1v) is 7.58. The smallest absolute Gasteiger partial charge is 0.263 e. The molecule has 2 aromatic rings. The first kappa shape index (κ1) is 15.6. The second-order valence-electron chi connectivity index (χ2n) is 5.10. The molecular formula is C15H20N2O3S. The number of carbonyl (C=O) groups excluding carboxylic acids is 1. The summed E-state index contributed by atoms with van der Waals surface area (Å²) in [6.07, 6.45) is 0. The minimum atomic E-state index is -0.219. The van der Waals surface area contributed by atoms with Gasteiger partial charge in [0.15, 0.2) is 0 Å². The number of carbonyl (C=O) groups is 1. The topological polar surface area (TPSA) is 84.6 Å². The van der Waals surface area contributed by atoms with Crippen LogP contribution in [0.15, 0.2) is 18.2 Å². The van der Waals surface area contributed by atoms with Crippen LogP contribution in [0.2, 0.25) is 0 Å². The van der Waals surface area contributed by atoms with Crippen LogP contribution in [-0.4, -0.2) is 30.8 Å². The minimum Gasteiger partial charge on any atom is -0.496 e. The molecule has 0 aliphatic carbocycles. The second-order valence-corrected chi connectivity index (χ2v) is 6.15. The number of amides is 1. The normalized spacial score (nSPS) is 13.9. The van der Waals surface area contributed by atoms with E-state index in [1.807, 2.05) is 32.0 Å². The highest BCUT2D eigenvalue weighted by atomic mass is 32.1. The van der Waals surface area contributed by atoms with Crippen LogP contribution in [0.1, 0.15) is 23.5 Å². The van der Waals surface area contributed by atoms with Gasteiger partial charge in [-0.15, -0.1) is 11.3 Å². The van der Waals surface area contributed by atoms with Crippen molar-refractivity contribution in [3.05, 3.63) is 23.1 Å². The maximum Gasteiger partial charge on any atom is 0.263 e. The number of ether oxygens (including phenoxy) is 1. The molecule has 2 atom stereocenters. The number of benzene rings is 1. The number of rotatable bonds is 5. The molecular weight excluding hydrogens is 288 g/mol. The van der Waals surface area contributed by atoms with Gasteiger partial charge in [-0.05, 0) is 25.0 Å². The predicted molar refractivity (Wildman–Crippen MR) is 86.0 cm³/mol. The van der Waals surface area contributed by atoms with E-state index in [4.69, 9.17) is 15.6 Å². The average molecular weight is 308 g/mol. The molecule has 0 radical (unpaired) electrons. The van der Waals surface area contributed by atoms with Gasteiger partial charge in [-0.25, -0.2) is 0 Å². The van der Waals surface area contributed by atoms with Crippen molar-refractivity contribution in [2.24, 2.45) is 5.92 Å². The van der Waals surface area contributed by atoms with Crippen molar-refractivity contribution in [1.82, 2.24) is 5.32 Å². The van der Waals surface area contributed by atoms with Gasteiger partial charge in [-0.2, -0.15) is 0 Å². The highest BCUT2D eigenvalue weighted by Crippen LogP contribution is 2.39. The van der Waals surface area contributed by atoms with Crippen molar-refractivity contribution in [2.75, 3.05) is 19.5 Å². The number of nitrogens with two attached hydrogens (primary N) is 1. The van der Waals surface area contributed by atoms with E-state index in [0.717, 1.165) is 10.1 Å². The van der Waals surface area contributed by atoms with Crippen LogP contribution in [0.5, 0.6) is 5.75 Å². The van der Waals surface area contributed by atoms with Crippen LogP contribution in [-0.2, 0) is 0 Å². The number of fused-ring (bicyclic) bond motifs is 1. The number of aliphatic hydroxyl groups excluding tert-OH is 1.